The molecule has 2 aromatic rings. The third kappa shape index (κ3) is 2.31. The molecule has 2 heterocycles. The van der Waals surface area contributed by atoms with Crippen LogP contribution in [0.3, 0.4) is 0 Å². The summed E-state index contributed by atoms with van der Waals surface area (Å²) in [5, 5.41) is 11.1. The molecule has 0 bridgehead atoms. The molecule has 0 saturated carbocycles. The van der Waals surface area contributed by atoms with E-state index in [0.717, 1.165) is 15.9 Å². The number of carbonyl (C=O) groups excluding carboxylic acids is 1. The zero-order valence-electron chi connectivity index (χ0n) is 10.4. The zero-order chi connectivity index (χ0) is 13.3. The van der Waals surface area contributed by atoms with E-state index in [0.29, 0.717) is 12.2 Å². The lowest BCUT2D eigenvalue weighted by Gasteiger charge is -2.06. The van der Waals surface area contributed by atoms with Crippen LogP contribution in [0.5, 0.6) is 0 Å². The van der Waals surface area contributed by atoms with E-state index >= 15 is 0 Å². The van der Waals surface area contributed by atoms with Gasteiger partial charge in [-0.15, -0.1) is 0 Å². The van der Waals surface area contributed by atoms with Gasteiger partial charge in [0.05, 0.1) is 22.4 Å². The van der Waals surface area contributed by atoms with Gasteiger partial charge in [0.1, 0.15) is 5.69 Å². The molecular weight excluding hydrogens is 298 g/mol. The van der Waals surface area contributed by atoms with E-state index in [-0.39, 0.29) is 5.91 Å². The topological polar surface area (TPSA) is 64.7 Å². The fraction of sp³-hybridized carbons (Fsp3) is 0.364. The molecule has 6 nitrogen and oxygen atoms in total. The maximum atomic E-state index is 12.1. The second-order valence-electron chi connectivity index (χ2n) is 4.00. The number of rotatable bonds is 3. The number of amides is 1. The smallest absolute Gasteiger partial charge is 0.271 e. The molecule has 0 aliphatic rings. The van der Waals surface area contributed by atoms with Gasteiger partial charge in [0, 0.05) is 20.3 Å². The molecule has 7 heteroatoms. The largest absolute Gasteiger partial charge is 0.345 e. The molecule has 0 spiro atoms. The Morgan fingerprint density at radius 1 is 1.44 bits per heavy atom. The van der Waals surface area contributed by atoms with Gasteiger partial charge in [-0.2, -0.15) is 10.2 Å². The first-order valence-electron chi connectivity index (χ1n) is 5.45. The number of halogens is 1. The van der Waals surface area contributed by atoms with Crippen LogP contribution in [-0.4, -0.2) is 25.5 Å². The molecule has 1 amide bonds. The SMILES string of the molecule is Cc1nn(C)c(C(=O)NCc2ccnn2C)c1Br. The van der Waals surface area contributed by atoms with E-state index in [1.165, 1.54) is 0 Å². The minimum Gasteiger partial charge on any atom is -0.345 e. The fourth-order valence-electron chi connectivity index (χ4n) is 1.71. The summed E-state index contributed by atoms with van der Waals surface area (Å²) in [5.74, 6) is -0.161. The Kier molecular flexibility index (Phi) is 3.51. The third-order valence-electron chi connectivity index (χ3n) is 2.72. The fourth-order valence-corrected chi connectivity index (χ4v) is 2.22. The maximum Gasteiger partial charge on any atom is 0.271 e. The number of hydrogen-bond donors (Lipinski definition) is 1. The van der Waals surface area contributed by atoms with Crippen LogP contribution < -0.4 is 5.32 Å². The summed E-state index contributed by atoms with van der Waals surface area (Å²) >= 11 is 3.37. The van der Waals surface area contributed by atoms with Crippen molar-refractivity contribution in [1.29, 1.82) is 0 Å². The number of carbonyl (C=O) groups is 1. The molecule has 2 aromatic heterocycles. The molecule has 96 valence electrons. The van der Waals surface area contributed by atoms with Crippen LogP contribution >= 0.6 is 15.9 Å². The van der Waals surface area contributed by atoms with Crippen LogP contribution in [0.2, 0.25) is 0 Å². The van der Waals surface area contributed by atoms with Crippen molar-refractivity contribution in [2.75, 3.05) is 0 Å². The molecule has 0 radical (unpaired) electrons. The van der Waals surface area contributed by atoms with E-state index in [1.54, 1.807) is 22.6 Å². The third-order valence-corrected chi connectivity index (χ3v) is 3.67. The minimum atomic E-state index is -0.161. The molecule has 0 saturated heterocycles. The highest BCUT2D eigenvalue weighted by molar-refractivity contribution is 9.10. The molecule has 0 fully saturated rings. The van der Waals surface area contributed by atoms with E-state index < -0.39 is 0 Å². The Morgan fingerprint density at radius 3 is 2.67 bits per heavy atom. The average Bonchev–Trinajstić information content (AvgIpc) is 2.81. The van der Waals surface area contributed by atoms with Gasteiger partial charge >= 0.3 is 0 Å². The standard InChI is InChI=1S/C11H14BrN5O/c1-7-9(12)10(17(3)15-7)11(18)13-6-8-4-5-14-16(8)2/h4-5H,6H2,1-3H3,(H,13,18). The van der Waals surface area contributed by atoms with Crippen LogP contribution in [0.1, 0.15) is 21.9 Å². The number of hydrogen-bond acceptors (Lipinski definition) is 3. The highest BCUT2D eigenvalue weighted by Gasteiger charge is 2.18. The minimum absolute atomic E-state index is 0.161. The monoisotopic (exact) mass is 311 g/mol. The van der Waals surface area contributed by atoms with Gasteiger partial charge in [0.15, 0.2) is 0 Å². The first-order valence-corrected chi connectivity index (χ1v) is 6.24. The van der Waals surface area contributed by atoms with Gasteiger partial charge < -0.3 is 5.32 Å². The van der Waals surface area contributed by atoms with Crippen molar-refractivity contribution in [2.45, 2.75) is 13.5 Å². The van der Waals surface area contributed by atoms with Crippen molar-refractivity contribution >= 4 is 21.8 Å². The summed E-state index contributed by atoms with van der Waals surface area (Å²) in [5.41, 5.74) is 2.26. The first-order chi connectivity index (χ1) is 8.50. The first kappa shape index (κ1) is 12.8. The normalized spacial score (nSPS) is 10.7. The summed E-state index contributed by atoms with van der Waals surface area (Å²) in [6, 6.07) is 1.86. The van der Waals surface area contributed by atoms with Gasteiger partial charge in [-0.25, -0.2) is 0 Å². The predicted molar refractivity (Wildman–Crippen MR) is 70.0 cm³/mol. The van der Waals surface area contributed by atoms with Gasteiger partial charge in [-0.3, -0.25) is 14.2 Å². The van der Waals surface area contributed by atoms with Crippen LogP contribution in [0.4, 0.5) is 0 Å². The lowest BCUT2D eigenvalue weighted by molar-refractivity contribution is 0.0940. The zero-order valence-corrected chi connectivity index (χ0v) is 12.0. The number of aromatic nitrogens is 4. The maximum absolute atomic E-state index is 12.1. The molecular formula is C11H14BrN5O. The van der Waals surface area contributed by atoms with Crippen LogP contribution in [0.25, 0.3) is 0 Å². The second-order valence-corrected chi connectivity index (χ2v) is 4.79. The Balaban J connectivity index is 2.11. The van der Waals surface area contributed by atoms with Gasteiger partial charge in [-0.1, -0.05) is 0 Å². The summed E-state index contributed by atoms with van der Waals surface area (Å²) in [6.07, 6.45) is 1.70. The summed E-state index contributed by atoms with van der Waals surface area (Å²) in [7, 11) is 3.59. The van der Waals surface area contributed by atoms with Crippen LogP contribution in [-0.2, 0) is 20.6 Å². The second kappa shape index (κ2) is 4.93. The molecule has 0 atom stereocenters. The van der Waals surface area contributed by atoms with Crippen molar-refractivity contribution in [3.63, 3.8) is 0 Å². The Morgan fingerprint density at radius 2 is 2.17 bits per heavy atom. The van der Waals surface area contributed by atoms with Crippen LogP contribution in [0.15, 0.2) is 16.7 Å². The molecule has 2 rings (SSSR count). The molecule has 0 unspecified atom stereocenters. The van der Waals surface area contributed by atoms with Crippen LogP contribution in [0, 0.1) is 6.92 Å². The molecule has 0 aliphatic heterocycles. The number of nitrogens with one attached hydrogen (secondary N) is 1. The number of nitrogens with zero attached hydrogens (tertiary/aromatic N) is 4. The summed E-state index contributed by atoms with van der Waals surface area (Å²) in [4.78, 5) is 12.1. The Hall–Kier alpha value is -1.63. The van der Waals surface area contributed by atoms with Crippen molar-refractivity contribution in [1.82, 2.24) is 24.9 Å². The van der Waals surface area contributed by atoms with E-state index in [2.05, 4.69) is 31.4 Å². The van der Waals surface area contributed by atoms with Crippen molar-refractivity contribution in [3.05, 3.63) is 33.8 Å². The van der Waals surface area contributed by atoms with Crippen molar-refractivity contribution in [3.8, 4) is 0 Å². The van der Waals surface area contributed by atoms with E-state index in [9.17, 15) is 4.79 Å². The van der Waals surface area contributed by atoms with Crippen molar-refractivity contribution in [2.24, 2.45) is 14.1 Å². The Labute approximate surface area is 113 Å². The highest BCUT2D eigenvalue weighted by Crippen LogP contribution is 2.19. The molecule has 0 aromatic carbocycles. The highest BCUT2D eigenvalue weighted by atomic mass is 79.9. The lowest BCUT2D eigenvalue weighted by atomic mass is 10.3. The predicted octanol–water partition coefficient (Wildman–Crippen LogP) is 1.15. The summed E-state index contributed by atoms with van der Waals surface area (Å²) < 4.78 is 4.02. The van der Waals surface area contributed by atoms with Gasteiger partial charge in [-0.05, 0) is 28.9 Å². The molecule has 1 N–H and O–H groups in total. The van der Waals surface area contributed by atoms with Gasteiger partial charge in [0.25, 0.3) is 5.91 Å². The Bertz CT molecular complexity index is 586. The number of aryl methyl sites for hydroxylation is 3. The average molecular weight is 312 g/mol. The quantitative estimate of drug-likeness (QED) is 0.925. The van der Waals surface area contributed by atoms with Gasteiger partial charge in [0.2, 0.25) is 0 Å². The van der Waals surface area contributed by atoms with E-state index in [1.807, 2.05) is 20.0 Å². The summed E-state index contributed by atoms with van der Waals surface area (Å²) in [6.45, 7) is 2.29. The molecule has 18 heavy (non-hydrogen) atoms. The molecule has 0 aliphatic carbocycles. The van der Waals surface area contributed by atoms with E-state index in [4.69, 9.17) is 0 Å². The lowest BCUT2D eigenvalue weighted by Crippen LogP contribution is -2.26. The van der Waals surface area contributed by atoms with Crippen molar-refractivity contribution < 1.29 is 4.79 Å².